The maximum atomic E-state index is 6.45. The Hall–Kier alpha value is -1.96. The zero-order valence-electron chi connectivity index (χ0n) is 26.7. The molecule has 2 fully saturated rings. The van der Waals surface area contributed by atoms with Gasteiger partial charge in [-0.05, 0) is 57.7 Å². The number of ether oxygens (including phenoxy) is 2. The Morgan fingerprint density at radius 2 is 0.978 bits per heavy atom. The average Bonchev–Trinajstić information content (AvgIpc) is 3.72. The summed E-state index contributed by atoms with van der Waals surface area (Å²) >= 11 is -0.826. The third kappa shape index (κ3) is 7.96. The molecule has 45 heavy (non-hydrogen) atoms. The van der Waals surface area contributed by atoms with Crippen molar-refractivity contribution < 1.29 is 30.3 Å². The zero-order chi connectivity index (χ0) is 32.2. The molecule has 4 atom stereocenters. The Morgan fingerprint density at radius 1 is 0.622 bits per heavy atom. The quantitative estimate of drug-likeness (QED) is 0.206. The molecule has 2 saturated heterocycles. The molecular weight excluding hydrogens is 683 g/mol. The summed E-state index contributed by atoms with van der Waals surface area (Å²) < 4.78 is 12.9. The number of hydrogen-bond donors (Lipinski definition) is 0. The molecule has 0 radical (unpaired) electrons. The molecule has 0 N–H and O–H groups in total. The summed E-state index contributed by atoms with van der Waals surface area (Å²) in [7, 11) is 9.87. The Bertz CT molecular complexity index is 1440. The van der Waals surface area contributed by atoms with Crippen molar-refractivity contribution in [1.29, 1.82) is 0 Å². The van der Waals surface area contributed by atoms with E-state index in [4.69, 9.17) is 47.1 Å². The molecule has 0 amide bonds. The third-order valence-corrected chi connectivity index (χ3v) is 8.14. The van der Waals surface area contributed by atoms with Crippen molar-refractivity contribution in [2.45, 2.75) is 76.9 Å². The van der Waals surface area contributed by atoms with Gasteiger partial charge >= 0.3 is 37.9 Å². The number of hydrogen-bond acceptors (Lipinski definition) is 4. The summed E-state index contributed by atoms with van der Waals surface area (Å²) in [5.74, 6) is 0. The fraction of sp³-hybridized carbons (Fsp3) is 0.389. The van der Waals surface area contributed by atoms with E-state index in [-0.39, 0.29) is 22.9 Å². The third-order valence-electron chi connectivity index (χ3n) is 8.14. The van der Waals surface area contributed by atoms with Gasteiger partial charge in [0.05, 0.1) is 11.4 Å². The first-order chi connectivity index (χ1) is 21.5. The summed E-state index contributed by atoms with van der Waals surface area (Å²) in [5, 5.41) is 10.4. The molecule has 9 heteroatoms. The topological polar surface area (TPSA) is 72.4 Å². The molecule has 2 aromatic carbocycles. The van der Waals surface area contributed by atoms with E-state index in [0.717, 1.165) is 44.8 Å². The van der Waals surface area contributed by atoms with Crippen LogP contribution in [0.3, 0.4) is 0 Å². The minimum atomic E-state index is -0.826. The van der Waals surface area contributed by atoms with Gasteiger partial charge in [-0.25, -0.2) is 0 Å². The molecule has 2 aliphatic heterocycles. The second-order valence-corrected chi connectivity index (χ2v) is 17.1. The molecule has 0 bridgehead atoms. The number of benzene rings is 2. The summed E-state index contributed by atoms with van der Waals surface area (Å²) in [6, 6.07) is 24.8. The van der Waals surface area contributed by atoms with Crippen molar-refractivity contribution in [3.63, 3.8) is 0 Å². The Morgan fingerprint density at radius 3 is 1.31 bits per heavy atom. The van der Waals surface area contributed by atoms with Crippen molar-refractivity contribution in [3.05, 3.63) is 129 Å². The van der Waals surface area contributed by atoms with Crippen molar-refractivity contribution in [1.82, 2.24) is 9.97 Å². The van der Waals surface area contributed by atoms with Crippen LogP contribution in [0.1, 0.15) is 99.5 Å². The van der Waals surface area contributed by atoms with Crippen LogP contribution in [0, 0.1) is 0 Å². The SMILES string of the molecule is CC(C)(C)c1ccnc(-c2nccc(C(C)(C)C)c2C2[N-]C(c3ccccc3)CO2)c1C1[N-]C(c2ccccc2)CO1.[Cl][Zr+2][Cl]. The Kier molecular flexibility index (Phi) is 11.4. The van der Waals surface area contributed by atoms with Crippen molar-refractivity contribution in [3.8, 4) is 11.4 Å². The summed E-state index contributed by atoms with van der Waals surface area (Å²) in [4.78, 5) is 10.00. The average molecular weight is 723 g/mol. The first-order valence-electron chi connectivity index (χ1n) is 15.2. The van der Waals surface area contributed by atoms with E-state index >= 15 is 0 Å². The molecule has 4 aromatic rings. The van der Waals surface area contributed by atoms with E-state index in [2.05, 4.69) is 102 Å². The Balaban J connectivity index is 0.00000128. The van der Waals surface area contributed by atoms with Crippen LogP contribution in [0.15, 0.2) is 85.2 Å². The van der Waals surface area contributed by atoms with Crippen LogP contribution in [-0.4, -0.2) is 23.2 Å². The van der Waals surface area contributed by atoms with E-state index in [9.17, 15) is 0 Å². The van der Waals surface area contributed by atoms with Gasteiger partial charge in [-0.3, -0.25) is 9.97 Å². The molecule has 0 spiro atoms. The van der Waals surface area contributed by atoms with Gasteiger partial charge < -0.3 is 20.1 Å². The summed E-state index contributed by atoms with van der Waals surface area (Å²) in [5.41, 5.74) is 7.80. The molecule has 0 aliphatic carbocycles. The maximum absolute atomic E-state index is 6.45. The molecule has 2 aromatic heterocycles. The van der Waals surface area contributed by atoms with Gasteiger partial charge in [0, 0.05) is 25.6 Å². The minimum absolute atomic E-state index is 0.0368. The number of nitrogens with zero attached hydrogens (tertiary/aromatic N) is 4. The van der Waals surface area contributed by atoms with Gasteiger partial charge in [-0.15, -0.1) is 0 Å². The van der Waals surface area contributed by atoms with Crippen LogP contribution in [0.25, 0.3) is 22.0 Å². The fourth-order valence-electron chi connectivity index (χ4n) is 6.03. The van der Waals surface area contributed by atoms with Crippen molar-refractivity contribution in [2.24, 2.45) is 0 Å². The predicted octanol–water partition coefficient (Wildman–Crippen LogP) is 10.4. The van der Waals surface area contributed by atoms with Gasteiger partial charge in [-0.2, -0.15) is 0 Å². The molecular formula is C36H40Cl2N4O2Zr. The van der Waals surface area contributed by atoms with Crippen LogP contribution in [-0.2, 0) is 41.2 Å². The van der Waals surface area contributed by atoms with Crippen LogP contribution in [0.4, 0.5) is 0 Å². The van der Waals surface area contributed by atoms with E-state index in [1.807, 2.05) is 24.5 Å². The summed E-state index contributed by atoms with van der Waals surface area (Å²) in [6.45, 7) is 14.4. The molecule has 4 unspecified atom stereocenters. The fourth-order valence-corrected chi connectivity index (χ4v) is 6.03. The summed E-state index contributed by atoms with van der Waals surface area (Å²) in [6.07, 6.45) is 2.86. The monoisotopic (exact) mass is 720 g/mol. The molecule has 6 nitrogen and oxygen atoms in total. The molecule has 6 rings (SSSR count). The second kappa shape index (κ2) is 14.9. The number of pyridine rings is 2. The van der Waals surface area contributed by atoms with E-state index in [0.29, 0.717) is 13.2 Å². The van der Waals surface area contributed by atoms with E-state index in [1.54, 1.807) is 0 Å². The van der Waals surface area contributed by atoms with Crippen LogP contribution in [0.2, 0.25) is 0 Å². The van der Waals surface area contributed by atoms with Crippen molar-refractivity contribution >= 4 is 17.0 Å². The van der Waals surface area contributed by atoms with Crippen LogP contribution < -0.4 is 0 Å². The second-order valence-electron chi connectivity index (χ2n) is 13.3. The Labute approximate surface area is 286 Å². The normalized spacial score (nSPS) is 21.6. The standard InChI is InChI=1S/C36H40N4O2.2ClH.Zr/c1-35(2,3)25-17-19-37-31(29(25)33-39-27(21-41-33)23-13-9-7-10-14-23)32-30(26(18-20-38-32)36(4,5)6)34-40-28(22-42-34)24-15-11-8-12-16-24;;;/h7-20,27-28,33-34H,21-22H2,1-6H3;2*1H;/q-2;;;+4/p-2. The van der Waals surface area contributed by atoms with Gasteiger partial charge in [0.2, 0.25) is 0 Å². The van der Waals surface area contributed by atoms with E-state index < -0.39 is 33.3 Å². The van der Waals surface area contributed by atoms with Gasteiger partial charge in [-0.1, -0.05) is 125 Å². The molecule has 2 aliphatic rings. The van der Waals surface area contributed by atoms with Crippen LogP contribution in [0.5, 0.6) is 0 Å². The van der Waals surface area contributed by atoms with Gasteiger partial charge in [0.1, 0.15) is 0 Å². The van der Waals surface area contributed by atoms with Crippen molar-refractivity contribution in [2.75, 3.05) is 13.2 Å². The molecule has 4 heterocycles. The number of aromatic nitrogens is 2. The first-order valence-corrected chi connectivity index (χ1v) is 21.5. The number of rotatable bonds is 5. The van der Waals surface area contributed by atoms with Gasteiger partial charge in [0.15, 0.2) is 0 Å². The predicted molar refractivity (Wildman–Crippen MR) is 179 cm³/mol. The first kappa shape index (κ1) is 34.4. The zero-order valence-corrected chi connectivity index (χ0v) is 30.6. The number of halogens is 2. The molecule has 234 valence electrons. The van der Waals surface area contributed by atoms with E-state index in [1.165, 1.54) is 0 Å². The van der Waals surface area contributed by atoms with Gasteiger partial charge in [0.25, 0.3) is 0 Å². The molecule has 0 saturated carbocycles. The van der Waals surface area contributed by atoms with Crippen LogP contribution >= 0.6 is 17.0 Å².